The SMILES string of the molecule is CCCC[C@H]1CC2C(=C(OCC(C)(C)C(=O)O)C(SC)=CN2c2ccc(F)cc2)S(=O)(=O)N1C. The third-order valence-corrected chi connectivity index (χ3v) is 9.20. The van der Waals surface area contributed by atoms with Gasteiger partial charge in [-0.15, -0.1) is 11.8 Å². The molecular weight excluding hydrogens is 479 g/mol. The van der Waals surface area contributed by atoms with Crippen molar-refractivity contribution in [1.82, 2.24) is 4.31 Å². The molecule has 0 aliphatic carbocycles. The number of nitrogens with zero attached hydrogens (tertiary/aromatic N) is 2. The average molecular weight is 513 g/mol. The van der Waals surface area contributed by atoms with Crippen LogP contribution in [0.15, 0.2) is 46.0 Å². The van der Waals surface area contributed by atoms with Gasteiger partial charge in [-0.05, 0) is 57.2 Å². The Balaban J connectivity index is 2.15. The van der Waals surface area contributed by atoms with Gasteiger partial charge in [-0.1, -0.05) is 19.8 Å². The molecule has 0 spiro atoms. The van der Waals surface area contributed by atoms with E-state index in [1.54, 1.807) is 19.2 Å². The van der Waals surface area contributed by atoms with E-state index in [0.717, 1.165) is 19.3 Å². The summed E-state index contributed by atoms with van der Waals surface area (Å²) in [6.45, 7) is 4.96. The van der Waals surface area contributed by atoms with Crippen molar-refractivity contribution >= 4 is 33.4 Å². The molecule has 0 amide bonds. The van der Waals surface area contributed by atoms with Crippen LogP contribution in [0.25, 0.3) is 0 Å². The molecule has 3 rings (SSSR count). The van der Waals surface area contributed by atoms with Gasteiger partial charge in [0.05, 0.1) is 16.4 Å². The fourth-order valence-electron chi connectivity index (χ4n) is 4.15. The third-order valence-electron chi connectivity index (χ3n) is 6.40. The lowest BCUT2D eigenvalue weighted by atomic mass is 9.95. The van der Waals surface area contributed by atoms with Crippen molar-refractivity contribution in [1.29, 1.82) is 0 Å². The lowest BCUT2D eigenvalue weighted by molar-refractivity contribution is -0.149. The molecule has 2 atom stereocenters. The number of sulfonamides is 1. The number of rotatable bonds is 9. The molecule has 2 aliphatic heterocycles. The molecule has 1 unspecified atom stereocenters. The molecule has 10 heteroatoms. The zero-order valence-corrected chi connectivity index (χ0v) is 21.9. The zero-order chi connectivity index (χ0) is 25.3. The van der Waals surface area contributed by atoms with Gasteiger partial charge in [-0.2, -0.15) is 4.31 Å². The molecule has 188 valence electrons. The second-order valence-corrected chi connectivity index (χ2v) is 12.1. The minimum absolute atomic E-state index is 0.125. The Hall–Kier alpha value is -2.04. The molecule has 34 heavy (non-hydrogen) atoms. The maximum absolute atomic E-state index is 13.8. The maximum Gasteiger partial charge on any atom is 0.312 e. The molecule has 1 aromatic carbocycles. The van der Waals surface area contributed by atoms with Crippen LogP contribution < -0.4 is 4.90 Å². The molecular formula is C24H33FN2O5S2. The summed E-state index contributed by atoms with van der Waals surface area (Å²) in [5, 5.41) is 9.52. The van der Waals surface area contributed by atoms with Gasteiger partial charge in [0, 0.05) is 25.0 Å². The highest BCUT2D eigenvalue weighted by Crippen LogP contribution is 2.45. The molecule has 1 aromatic rings. The lowest BCUT2D eigenvalue weighted by Crippen LogP contribution is -2.53. The fraction of sp³-hybridized carbons (Fsp3) is 0.542. The van der Waals surface area contributed by atoms with Crippen molar-refractivity contribution in [2.24, 2.45) is 5.41 Å². The number of ether oxygens (including phenoxy) is 1. The van der Waals surface area contributed by atoms with Gasteiger partial charge in [-0.25, -0.2) is 12.8 Å². The normalized spacial score (nSPS) is 22.9. The van der Waals surface area contributed by atoms with E-state index in [2.05, 4.69) is 6.92 Å². The van der Waals surface area contributed by atoms with Gasteiger partial charge in [0.1, 0.15) is 17.3 Å². The summed E-state index contributed by atoms with van der Waals surface area (Å²) in [6.07, 6.45) is 6.76. The summed E-state index contributed by atoms with van der Waals surface area (Å²) < 4.78 is 48.7. The fourth-order valence-corrected chi connectivity index (χ4v) is 6.64. The van der Waals surface area contributed by atoms with Crippen LogP contribution in [0.4, 0.5) is 10.1 Å². The Bertz CT molecular complexity index is 1080. The Morgan fingerprint density at radius 1 is 1.29 bits per heavy atom. The number of fused-ring (bicyclic) bond motifs is 1. The summed E-state index contributed by atoms with van der Waals surface area (Å²) in [5.41, 5.74) is -0.524. The number of carboxylic acid groups (broad SMARTS) is 1. The third kappa shape index (κ3) is 5.13. The monoisotopic (exact) mass is 512 g/mol. The summed E-state index contributed by atoms with van der Waals surface area (Å²) in [6, 6.07) is 5.23. The van der Waals surface area contributed by atoms with Crippen LogP contribution in [0.2, 0.25) is 0 Å². The molecule has 1 saturated heterocycles. The Labute approximate surface area is 205 Å². The first-order valence-electron chi connectivity index (χ1n) is 11.3. The molecule has 2 aliphatic rings. The van der Waals surface area contributed by atoms with Crippen LogP contribution in [0, 0.1) is 11.2 Å². The van der Waals surface area contributed by atoms with E-state index in [1.807, 2.05) is 17.4 Å². The first-order valence-corrected chi connectivity index (χ1v) is 14.0. The van der Waals surface area contributed by atoms with E-state index in [4.69, 9.17) is 4.74 Å². The highest BCUT2D eigenvalue weighted by Gasteiger charge is 2.48. The first kappa shape index (κ1) is 26.6. The molecule has 1 N–H and O–H groups in total. The van der Waals surface area contributed by atoms with Gasteiger partial charge in [-0.3, -0.25) is 4.79 Å². The van der Waals surface area contributed by atoms with E-state index in [9.17, 15) is 22.7 Å². The van der Waals surface area contributed by atoms with Crippen LogP contribution in [-0.2, 0) is 19.6 Å². The van der Waals surface area contributed by atoms with Crippen molar-refractivity contribution in [2.75, 3.05) is 24.8 Å². The van der Waals surface area contributed by atoms with Gasteiger partial charge in [0.15, 0.2) is 5.76 Å². The Kier molecular flexibility index (Phi) is 8.04. The molecule has 2 heterocycles. The van der Waals surface area contributed by atoms with Gasteiger partial charge >= 0.3 is 5.97 Å². The molecule has 0 aromatic heterocycles. The van der Waals surface area contributed by atoms with Crippen LogP contribution in [0.5, 0.6) is 0 Å². The van der Waals surface area contributed by atoms with Crippen LogP contribution in [-0.4, -0.2) is 55.8 Å². The van der Waals surface area contributed by atoms with Crippen molar-refractivity contribution in [2.45, 2.75) is 58.5 Å². The first-order chi connectivity index (χ1) is 15.9. The van der Waals surface area contributed by atoms with E-state index >= 15 is 0 Å². The topological polar surface area (TPSA) is 87.1 Å². The minimum atomic E-state index is -3.90. The maximum atomic E-state index is 13.8. The van der Waals surface area contributed by atoms with Gasteiger partial charge in [0.25, 0.3) is 0 Å². The van der Waals surface area contributed by atoms with Crippen molar-refractivity contribution < 1.29 is 27.4 Å². The van der Waals surface area contributed by atoms with Crippen molar-refractivity contribution in [3.8, 4) is 0 Å². The summed E-state index contributed by atoms with van der Waals surface area (Å²) in [5.74, 6) is -1.20. The number of thioether (sulfide) groups is 1. The smallest absolute Gasteiger partial charge is 0.312 e. The molecule has 0 bridgehead atoms. The molecule has 0 radical (unpaired) electrons. The number of aliphatic carboxylic acids is 1. The minimum Gasteiger partial charge on any atom is -0.490 e. The van der Waals surface area contributed by atoms with E-state index in [1.165, 1.54) is 42.0 Å². The number of hydrogen-bond donors (Lipinski definition) is 1. The number of carboxylic acids is 1. The second kappa shape index (κ2) is 10.3. The average Bonchev–Trinajstić information content (AvgIpc) is 2.79. The van der Waals surface area contributed by atoms with Crippen LogP contribution in [0.3, 0.4) is 0 Å². The lowest BCUT2D eigenvalue weighted by Gasteiger charge is -2.45. The second-order valence-electron chi connectivity index (χ2n) is 9.32. The van der Waals surface area contributed by atoms with E-state index in [-0.39, 0.29) is 29.1 Å². The van der Waals surface area contributed by atoms with Crippen molar-refractivity contribution in [3.05, 3.63) is 51.9 Å². The Morgan fingerprint density at radius 3 is 2.50 bits per heavy atom. The number of anilines is 1. The quantitative estimate of drug-likeness (QED) is 0.509. The van der Waals surface area contributed by atoms with E-state index in [0.29, 0.717) is 17.0 Å². The van der Waals surface area contributed by atoms with Gasteiger partial charge in [0.2, 0.25) is 10.0 Å². The molecule has 0 saturated carbocycles. The number of unbranched alkanes of at least 4 members (excludes halogenated alkanes) is 1. The van der Waals surface area contributed by atoms with Crippen molar-refractivity contribution in [3.63, 3.8) is 0 Å². The van der Waals surface area contributed by atoms with Gasteiger partial charge < -0.3 is 14.7 Å². The van der Waals surface area contributed by atoms with Crippen LogP contribution in [0.1, 0.15) is 46.5 Å². The largest absolute Gasteiger partial charge is 0.490 e. The summed E-state index contributed by atoms with van der Waals surface area (Å²) >= 11 is 1.32. The van der Waals surface area contributed by atoms with E-state index < -0.39 is 27.4 Å². The standard InChI is InChI=1S/C24H33FN2O5S2/c1-6-7-8-18-13-19-22(34(30,31)26(18)4)21(32-15-24(2,3)23(28)29)20(33-5)14-27(19)17-11-9-16(25)10-12-17/h9-12,14,18-19H,6-8,13,15H2,1-5H3,(H,28,29)/t18-,19?/m0/s1. The predicted octanol–water partition coefficient (Wildman–Crippen LogP) is 4.78. The highest BCUT2D eigenvalue weighted by atomic mass is 32.2. The molecule has 1 fully saturated rings. The number of hydrogen-bond acceptors (Lipinski definition) is 6. The summed E-state index contributed by atoms with van der Waals surface area (Å²) in [4.78, 5) is 14.2. The number of benzene rings is 1. The number of carbonyl (C=O) groups is 1. The Morgan fingerprint density at radius 2 is 1.94 bits per heavy atom. The predicted molar refractivity (Wildman–Crippen MR) is 133 cm³/mol. The highest BCUT2D eigenvalue weighted by molar-refractivity contribution is 8.02. The zero-order valence-electron chi connectivity index (χ0n) is 20.2. The van der Waals surface area contributed by atoms with Crippen LogP contribution >= 0.6 is 11.8 Å². The number of halogens is 1. The molecule has 7 nitrogen and oxygen atoms in total. The summed E-state index contributed by atoms with van der Waals surface area (Å²) in [7, 11) is -2.31.